The Morgan fingerprint density at radius 1 is 1.19 bits per heavy atom. The third-order valence-electron chi connectivity index (χ3n) is 2.20. The smallest absolute Gasteiger partial charge is 0.303 e. The monoisotopic (exact) mass is 229 g/mol. The Morgan fingerprint density at radius 2 is 2.06 bits per heavy atom. The van der Waals surface area contributed by atoms with Crippen LogP contribution in [-0.2, 0) is 0 Å². The van der Waals surface area contributed by atoms with Crippen LogP contribution < -0.4 is 5.69 Å². The van der Waals surface area contributed by atoms with Gasteiger partial charge in [-0.1, -0.05) is 12.1 Å². The average Bonchev–Trinajstić information content (AvgIpc) is 2.72. The molecule has 0 aliphatic carbocycles. The van der Waals surface area contributed by atoms with Crippen LogP contribution in [0.1, 0.15) is 0 Å². The summed E-state index contributed by atoms with van der Waals surface area (Å²) in [4.78, 5) is 21.8. The normalized spacial score (nSPS) is 10.8. The second-order valence-corrected chi connectivity index (χ2v) is 4.31. The first-order valence-corrected chi connectivity index (χ1v) is 5.56. The molecule has 0 fully saturated rings. The first-order valence-electron chi connectivity index (χ1n) is 4.74. The van der Waals surface area contributed by atoms with E-state index in [-0.39, 0.29) is 5.69 Å². The van der Waals surface area contributed by atoms with Crippen molar-refractivity contribution in [3.05, 3.63) is 47.0 Å². The van der Waals surface area contributed by atoms with E-state index < -0.39 is 0 Å². The van der Waals surface area contributed by atoms with E-state index in [1.165, 1.54) is 6.20 Å². The van der Waals surface area contributed by atoms with E-state index in [0.717, 1.165) is 15.2 Å². The fourth-order valence-electron chi connectivity index (χ4n) is 1.48. The fourth-order valence-corrected chi connectivity index (χ4v) is 2.43. The van der Waals surface area contributed by atoms with Gasteiger partial charge in [0.05, 0.1) is 15.9 Å². The van der Waals surface area contributed by atoms with Crippen LogP contribution in [0.4, 0.5) is 0 Å². The molecule has 1 aromatic carbocycles. The summed E-state index contributed by atoms with van der Waals surface area (Å²) in [5.41, 5.74) is 1.30. The maximum absolute atomic E-state index is 11.1. The molecule has 0 saturated carbocycles. The summed E-state index contributed by atoms with van der Waals surface area (Å²) in [6.45, 7) is 0. The SMILES string of the molecule is O=c1nccc(-c2nc3ccccc3s2)[nH]1. The highest BCUT2D eigenvalue weighted by Crippen LogP contribution is 2.27. The second kappa shape index (κ2) is 3.53. The Balaban J connectivity index is 2.23. The third-order valence-corrected chi connectivity index (χ3v) is 3.27. The van der Waals surface area contributed by atoms with E-state index in [4.69, 9.17) is 0 Å². The number of nitrogens with zero attached hydrogens (tertiary/aromatic N) is 2. The van der Waals surface area contributed by atoms with E-state index in [0.29, 0.717) is 5.69 Å². The van der Waals surface area contributed by atoms with E-state index in [2.05, 4.69) is 15.0 Å². The van der Waals surface area contributed by atoms with Crippen molar-refractivity contribution >= 4 is 21.6 Å². The van der Waals surface area contributed by atoms with Gasteiger partial charge in [0.25, 0.3) is 0 Å². The van der Waals surface area contributed by atoms with Crippen LogP contribution >= 0.6 is 11.3 Å². The van der Waals surface area contributed by atoms with Gasteiger partial charge in [-0.05, 0) is 18.2 Å². The number of hydrogen-bond acceptors (Lipinski definition) is 4. The van der Waals surface area contributed by atoms with Crippen molar-refractivity contribution < 1.29 is 0 Å². The quantitative estimate of drug-likeness (QED) is 0.694. The number of aromatic amines is 1. The Bertz CT molecular complexity index is 668. The van der Waals surface area contributed by atoms with Gasteiger partial charge < -0.3 is 4.98 Å². The van der Waals surface area contributed by atoms with Gasteiger partial charge in [0, 0.05) is 6.20 Å². The lowest BCUT2D eigenvalue weighted by Crippen LogP contribution is -2.09. The van der Waals surface area contributed by atoms with Gasteiger partial charge in [0.2, 0.25) is 0 Å². The zero-order valence-corrected chi connectivity index (χ0v) is 8.99. The summed E-state index contributed by atoms with van der Waals surface area (Å²) in [5.74, 6) is 0. The van der Waals surface area contributed by atoms with Crippen LogP contribution in [0.3, 0.4) is 0 Å². The highest BCUT2D eigenvalue weighted by molar-refractivity contribution is 7.21. The summed E-state index contributed by atoms with van der Waals surface area (Å²) >= 11 is 1.55. The molecule has 3 rings (SSSR count). The Morgan fingerprint density at radius 3 is 2.88 bits per heavy atom. The molecule has 4 nitrogen and oxygen atoms in total. The van der Waals surface area contributed by atoms with Crippen molar-refractivity contribution in [2.24, 2.45) is 0 Å². The minimum absolute atomic E-state index is 0.350. The van der Waals surface area contributed by atoms with Crippen molar-refractivity contribution in [1.29, 1.82) is 0 Å². The molecule has 0 unspecified atom stereocenters. The molecule has 78 valence electrons. The highest BCUT2D eigenvalue weighted by atomic mass is 32.1. The molecular formula is C11H7N3OS. The van der Waals surface area contributed by atoms with Crippen LogP contribution in [0.15, 0.2) is 41.3 Å². The Labute approximate surface area is 94.6 Å². The standard InChI is InChI=1S/C11H7N3OS/c15-11-12-6-5-8(14-11)10-13-7-3-1-2-4-9(7)16-10/h1-6H,(H,12,14,15). The van der Waals surface area contributed by atoms with Gasteiger partial charge in [0.1, 0.15) is 5.01 Å². The number of H-pyrrole nitrogens is 1. The van der Waals surface area contributed by atoms with Gasteiger partial charge in [-0.3, -0.25) is 0 Å². The van der Waals surface area contributed by atoms with Crippen LogP contribution in [0.5, 0.6) is 0 Å². The van der Waals surface area contributed by atoms with E-state index >= 15 is 0 Å². The summed E-state index contributed by atoms with van der Waals surface area (Å²) < 4.78 is 1.11. The van der Waals surface area contributed by atoms with Gasteiger partial charge in [-0.15, -0.1) is 11.3 Å². The lowest BCUT2D eigenvalue weighted by molar-refractivity contribution is 1.08. The summed E-state index contributed by atoms with van der Waals surface area (Å²) in [6, 6.07) is 9.63. The van der Waals surface area contributed by atoms with E-state index in [9.17, 15) is 4.79 Å². The first kappa shape index (κ1) is 9.23. The van der Waals surface area contributed by atoms with Crippen molar-refractivity contribution in [2.45, 2.75) is 0 Å². The molecule has 0 saturated heterocycles. The minimum atomic E-state index is -0.350. The van der Waals surface area contributed by atoms with Gasteiger partial charge in [-0.2, -0.15) is 0 Å². The lowest BCUT2D eigenvalue weighted by atomic mass is 10.3. The average molecular weight is 229 g/mol. The highest BCUT2D eigenvalue weighted by Gasteiger charge is 2.05. The van der Waals surface area contributed by atoms with E-state index in [1.807, 2.05) is 24.3 Å². The predicted octanol–water partition coefficient (Wildman–Crippen LogP) is 2.05. The number of fused-ring (bicyclic) bond motifs is 1. The van der Waals surface area contributed by atoms with Crippen molar-refractivity contribution in [2.75, 3.05) is 0 Å². The van der Waals surface area contributed by atoms with Gasteiger partial charge in [-0.25, -0.2) is 14.8 Å². The maximum atomic E-state index is 11.1. The Kier molecular flexibility index (Phi) is 2.04. The summed E-state index contributed by atoms with van der Waals surface area (Å²) in [6.07, 6.45) is 1.49. The van der Waals surface area contributed by atoms with Crippen LogP contribution in [0.25, 0.3) is 20.9 Å². The number of para-hydroxylation sites is 1. The summed E-state index contributed by atoms with van der Waals surface area (Å²) in [7, 11) is 0. The molecule has 0 atom stereocenters. The molecule has 2 heterocycles. The minimum Gasteiger partial charge on any atom is -0.303 e. The predicted molar refractivity (Wildman–Crippen MR) is 63.5 cm³/mol. The molecule has 5 heteroatoms. The van der Waals surface area contributed by atoms with Gasteiger partial charge in [0.15, 0.2) is 0 Å². The van der Waals surface area contributed by atoms with Crippen LogP contribution in [0.2, 0.25) is 0 Å². The number of benzene rings is 1. The number of rotatable bonds is 1. The molecule has 0 aliphatic heterocycles. The van der Waals surface area contributed by atoms with Crippen molar-refractivity contribution in [3.63, 3.8) is 0 Å². The lowest BCUT2D eigenvalue weighted by Gasteiger charge is -1.92. The number of thiazole rings is 1. The van der Waals surface area contributed by atoms with Crippen molar-refractivity contribution in [1.82, 2.24) is 15.0 Å². The largest absolute Gasteiger partial charge is 0.345 e. The first-order chi connectivity index (χ1) is 7.83. The zero-order valence-electron chi connectivity index (χ0n) is 8.18. The fraction of sp³-hybridized carbons (Fsp3) is 0. The molecule has 0 aliphatic rings. The molecule has 0 radical (unpaired) electrons. The molecule has 3 aromatic rings. The van der Waals surface area contributed by atoms with Crippen LogP contribution in [-0.4, -0.2) is 15.0 Å². The number of nitrogens with one attached hydrogen (secondary N) is 1. The van der Waals surface area contributed by atoms with Crippen LogP contribution in [0, 0.1) is 0 Å². The topological polar surface area (TPSA) is 58.6 Å². The molecule has 0 spiro atoms. The number of aromatic nitrogens is 3. The molecule has 0 bridgehead atoms. The second-order valence-electron chi connectivity index (χ2n) is 3.28. The maximum Gasteiger partial charge on any atom is 0.345 e. The molecule has 2 aromatic heterocycles. The number of hydrogen-bond donors (Lipinski definition) is 1. The molecule has 16 heavy (non-hydrogen) atoms. The van der Waals surface area contributed by atoms with Gasteiger partial charge >= 0.3 is 5.69 Å². The Hall–Kier alpha value is -2.01. The molecular weight excluding hydrogens is 222 g/mol. The molecule has 0 amide bonds. The van der Waals surface area contributed by atoms with E-state index in [1.54, 1.807) is 17.4 Å². The van der Waals surface area contributed by atoms with Crippen molar-refractivity contribution in [3.8, 4) is 10.7 Å². The zero-order chi connectivity index (χ0) is 11.0. The summed E-state index contributed by atoms with van der Waals surface area (Å²) in [5, 5.41) is 0.806. The molecule has 1 N–H and O–H groups in total. The third kappa shape index (κ3) is 1.51.